The van der Waals surface area contributed by atoms with Gasteiger partial charge >= 0.3 is 5.69 Å². The Kier molecular flexibility index (Phi) is 4.58. The number of imidazole rings is 1. The maximum absolute atomic E-state index is 13.4. The van der Waals surface area contributed by atoms with Gasteiger partial charge in [-0.3, -0.25) is 13.9 Å². The predicted octanol–water partition coefficient (Wildman–Crippen LogP) is 3.25. The first-order chi connectivity index (χ1) is 14.5. The molecule has 0 spiro atoms. The molecule has 1 aliphatic rings. The summed E-state index contributed by atoms with van der Waals surface area (Å²) in [6, 6.07) is 17.6. The number of hydrogen-bond acceptors (Lipinski definition) is 4. The van der Waals surface area contributed by atoms with Gasteiger partial charge in [0.15, 0.2) is 11.2 Å². The SMILES string of the molecule is Cn1c(=O)n(Cc2ccc(Br)cc2)c(=O)c2c1nc1n2CCCN1c1ccccc1. The van der Waals surface area contributed by atoms with E-state index in [1.165, 1.54) is 9.13 Å². The van der Waals surface area contributed by atoms with Gasteiger partial charge in [0.05, 0.1) is 6.54 Å². The van der Waals surface area contributed by atoms with Gasteiger partial charge in [-0.1, -0.05) is 46.3 Å². The normalized spacial score (nSPS) is 13.6. The summed E-state index contributed by atoms with van der Waals surface area (Å²) in [6.45, 7) is 1.73. The second kappa shape index (κ2) is 7.28. The number of benzene rings is 2. The fourth-order valence-electron chi connectivity index (χ4n) is 4.03. The van der Waals surface area contributed by atoms with Crippen LogP contribution < -0.4 is 16.1 Å². The Hall–Kier alpha value is -3.13. The minimum atomic E-state index is -0.364. The first kappa shape index (κ1) is 18.9. The highest BCUT2D eigenvalue weighted by atomic mass is 79.9. The number of aromatic nitrogens is 4. The van der Waals surface area contributed by atoms with Crippen molar-refractivity contribution in [2.24, 2.45) is 7.05 Å². The highest BCUT2D eigenvalue weighted by Gasteiger charge is 2.26. The third-order valence-corrected chi connectivity index (χ3v) is 6.07. The van der Waals surface area contributed by atoms with Crippen molar-refractivity contribution in [3.63, 3.8) is 0 Å². The van der Waals surface area contributed by atoms with Crippen molar-refractivity contribution in [2.45, 2.75) is 19.5 Å². The minimum absolute atomic E-state index is 0.220. The average molecular weight is 466 g/mol. The van der Waals surface area contributed by atoms with Crippen LogP contribution in [0.3, 0.4) is 0 Å². The van der Waals surface area contributed by atoms with E-state index in [1.807, 2.05) is 59.2 Å². The number of aryl methyl sites for hydroxylation is 2. The highest BCUT2D eigenvalue weighted by Crippen LogP contribution is 2.30. The minimum Gasteiger partial charge on any atom is -0.312 e. The van der Waals surface area contributed by atoms with Crippen LogP contribution >= 0.6 is 15.9 Å². The van der Waals surface area contributed by atoms with Gasteiger partial charge in [0, 0.05) is 30.3 Å². The van der Waals surface area contributed by atoms with Crippen molar-refractivity contribution in [3.05, 3.63) is 85.5 Å². The molecule has 0 saturated carbocycles. The van der Waals surface area contributed by atoms with Crippen molar-refractivity contribution in [3.8, 4) is 0 Å². The predicted molar refractivity (Wildman–Crippen MR) is 121 cm³/mol. The van der Waals surface area contributed by atoms with Crippen molar-refractivity contribution in [1.29, 1.82) is 0 Å². The Labute approximate surface area is 180 Å². The second-order valence-electron chi connectivity index (χ2n) is 7.44. The summed E-state index contributed by atoms with van der Waals surface area (Å²) in [5.74, 6) is 0.705. The van der Waals surface area contributed by atoms with E-state index < -0.39 is 0 Å². The summed E-state index contributed by atoms with van der Waals surface area (Å²) in [4.78, 5) is 33.2. The number of nitrogens with zero attached hydrogens (tertiary/aromatic N) is 5. The van der Waals surface area contributed by atoms with Crippen molar-refractivity contribution in [2.75, 3.05) is 11.4 Å². The zero-order valence-electron chi connectivity index (χ0n) is 16.5. The Bertz CT molecular complexity index is 1350. The van der Waals surface area contributed by atoms with Gasteiger partial charge in [0.25, 0.3) is 5.56 Å². The van der Waals surface area contributed by atoms with Crippen molar-refractivity contribution >= 4 is 38.7 Å². The zero-order valence-corrected chi connectivity index (χ0v) is 18.0. The third kappa shape index (κ3) is 2.99. The molecule has 0 unspecified atom stereocenters. The Morgan fingerprint density at radius 2 is 1.73 bits per heavy atom. The van der Waals surface area contributed by atoms with Crippen LogP contribution in [0, 0.1) is 0 Å². The molecule has 7 nitrogen and oxygen atoms in total. The van der Waals surface area contributed by atoms with Crippen LogP contribution in [0.15, 0.2) is 68.7 Å². The van der Waals surface area contributed by atoms with Crippen LogP contribution in [0.25, 0.3) is 11.2 Å². The van der Waals surface area contributed by atoms with Gasteiger partial charge in [0.1, 0.15) is 0 Å². The van der Waals surface area contributed by atoms with Gasteiger partial charge < -0.3 is 9.47 Å². The lowest BCUT2D eigenvalue weighted by Crippen LogP contribution is -2.40. The van der Waals surface area contributed by atoms with E-state index >= 15 is 0 Å². The molecule has 8 heteroatoms. The quantitative estimate of drug-likeness (QED) is 0.465. The first-order valence-electron chi connectivity index (χ1n) is 9.81. The largest absolute Gasteiger partial charge is 0.332 e. The highest BCUT2D eigenvalue weighted by molar-refractivity contribution is 9.10. The molecular formula is C22H20BrN5O2. The maximum atomic E-state index is 13.4. The van der Waals surface area contributed by atoms with E-state index in [1.54, 1.807) is 7.05 Å². The molecule has 0 radical (unpaired) electrons. The van der Waals surface area contributed by atoms with Gasteiger partial charge in [-0.05, 0) is 36.2 Å². The van der Waals surface area contributed by atoms with E-state index in [4.69, 9.17) is 4.98 Å². The van der Waals surface area contributed by atoms with Crippen LogP contribution in [-0.4, -0.2) is 25.2 Å². The summed E-state index contributed by atoms with van der Waals surface area (Å²) in [7, 11) is 1.67. The molecule has 30 heavy (non-hydrogen) atoms. The average Bonchev–Trinajstić information content (AvgIpc) is 3.17. The molecule has 2 aromatic heterocycles. The number of hydrogen-bond donors (Lipinski definition) is 0. The smallest absolute Gasteiger partial charge is 0.312 e. The van der Waals surface area contributed by atoms with Crippen LogP contribution in [0.4, 0.5) is 11.6 Å². The molecule has 0 bridgehead atoms. The molecule has 4 aromatic rings. The summed E-state index contributed by atoms with van der Waals surface area (Å²) in [5.41, 5.74) is 2.15. The molecule has 152 valence electrons. The number of rotatable bonds is 3. The monoisotopic (exact) mass is 465 g/mol. The Morgan fingerprint density at radius 3 is 2.47 bits per heavy atom. The molecular weight excluding hydrogens is 446 g/mol. The second-order valence-corrected chi connectivity index (χ2v) is 8.35. The lowest BCUT2D eigenvalue weighted by Gasteiger charge is -2.28. The van der Waals surface area contributed by atoms with Crippen LogP contribution in [0.2, 0.25) is 0 Å². The summed E-state index contributed by atoms with van der Waals surface area (Å²) >= 11 is 3.41. The Morgan fingerprint density at radius 1 is 1.00 bits per heavy atom. The summed E-state index contributed by atoms with van der Waals surface area (Å²) < 4.78 is 5.67. The zero-order chi connectivity index (χ0) is 20.8. The van der Waals surface area contributed by atoms with Crippen LogP contribution in [-0.2, 0) is 20.1 Å². The fourth-order valence-corrected chi connectivity index (χ4v) is 4.29. The van der Waals surface area contributed by atoms with Gasteiger partial charge in [-0.25, -0.2) is 4.79 Å². The molecule has 0 N–H and O–H groups in total. The number of anilines is 2. The summed E-state index contributed by atoms with van der Waals surface area (Å²) in [5, 5.41) is 0. The number of para-hydroxylation sites is 1. The lowest BCUT2D eigenvalue weighted by atomic mass is 10.2. The topological polar surface area (TPSA) is 65.1 Å². The molecule has 5 rings (SSSR count). The summed E-state index contributed by atoms with van der Waals surface area (Å²) in [6.07, 6.45) is 0.891. The van der Waals surface area contributed by atoms with E-state index in [0.717, 1.165) is 28.7 Å². The number of fused-ring (bicyclic) bond motifs is 3. The Balaban J connectivity index is 1.70. The van der Waals surface area contributed by atoms with Gasteiger partial charge in [-0.15, -0.1) is 0 Å². The van der Waals surface area contributed by atoms with Gasteiger partial charge in [-0.2, -0.15) is 4.98 Å². The van der Waals surface area contributed by atoms with Gasteiger partial charge in [0.2, 0.25) is 5.95 Å². The van der Waals surface area contributed by atoms with E-state index in [0.29, 0.717) is 23.7 Å². The first-order valence-corrected chi connectivity index (χ1v) is 10.6. The molecule has 0 saturated heterocycles. The van der Waals surface area contributed by atoms with E-state index in [-0.39, 0.29) is 17.8 Å². The molecule has 2 aromatic carbocycles. The van der Waals surface area contributed by atoms with E-state index in [2.05, 4.69) is 20.8 Å². The standard InChI is InChI=1S/C22H20BrN5O2/c1-25-19-18(20(29)28(22(25)30)14-15-8-10-16(23)11-9-15)27-13-5-12-26(21(27)24-19)17-6-3-2-4-7-17/h2-4,6-11H,5,12-14H2,1H3. The lowest BCUT2D eigenvalue weighted by molar-refractivity contribution is 0.597. The molecule has 0 atom stereocenters. The fraction of sp³-hybridized carbons (Fsp3) is 0.227. The molecule has 0 fully saturated rings. The van der Waals surface area contributed by atoms with Crippen LogP contribution in [0.1, 0.15) is 12.0 Å². The number of halogens is 1. The molecule has 1 aliphatic heterocycles. The molecule has 3 heterocycles. The van der Waals surface area contributed by atoms with Crippen molar-refractivity contribution in [1.82, 2.24) is 18.7 Å². The molecule has 0 amide bonds. The third-order valence-electron chi connectivity index (χ3n) is 5.54. The molecule has 0 aliphatic carbocycles. The van der Waals surface area contributed by atoms with Crippen LogP contribution in [0.5, 0.6) is 0 Å². The van der Waals surface area contributed by atoms with Crippen molar-refractivity contribution < 1.29 is 0 Å². The van der Waals surface area contributed by atoms with E-state index in [9.17, 15) is 9.59 Å². The maximum Gasteiger partial charge on any atom is 0.332 e.